The fourth-order valence-electron chi connectivity index (χ4n) is 1.91. The number of hydrogen-bond donors (Lipinski definition) is 1. The summed E-state index contributed by atoms with van der Waals surface area (Å²) in [7, 11) is 1.53. The van der Waals surface area contributed by atoms with Gasteiger partial charge in [-0.2, -0.15) is 0 Å². The maximum Gasteiger partial charge on any atom is 0.250 e. The van der Waals surface area contributed by atoms with E-state index >= 15 is 0 Å². The molecule has 2 rings (SSSR count). The van der Waals surface area contributed by atoms with Crippen LogP contribution in [-0.2, 0) is 11.2 Å². The third kappa shape index (κ3) is 4.69. The predicted octanol–water partition coefficient (Wildman–Crippen LogP) is 3.81. The summed E-state index contributed by atoms with van der Waals surface area (Å²) in [5.74, 6) is 0.712. The molecule has 1 heterocycles. The molecule has 0 atom stereocenters. The monoisotopic (exact) mass is 367 g/mol. The summed E-state index contributed by atoms with van der Waals surface area (Å²) >= 11 is 7.53. The summed E-state index contributed by atoms with van der Waals surface area (Å²) in [6, 6.07) is 3.46. The van der Waals surface area contributed by atoms with E-state index in [4.69, 9.17) is 21.1 Å². The molecule has 2 aromatic rings. The molecule has 24 heavy (non-hydrogen) atoms. The van der Waals surface area contributed by atoms with E-state index in [9.17, 15) is 4.79 Å². The Morgan fingerprint density at radius 1 is 1.38 bits per heavy atom. The van der Waals surface area contributed by atoms with Gasteiger partial charge in [0.25, 0.3) is 0 Å². The van der Waals surface area contributed by atoms with Crippen LogP contribution in [-0.4, -0.2) is 29.8 Å². The average molecular weight is 368 g/mol. The number of aryl methyl sites for hydroxylation is 1. The Morgan fingerprint density at radius 2 is 2.17 bits per heavy atom. The zero-order valence-corrected chi connectivity index (χ0v) is 15.2. The number of anilines is 1. The highest BCUT2D eigenvalue weighted by Gasteiger charge is 2.11. The second-order valence-electron chi connectivity index (χ2n) is 4.64. The summed E-state index contributed by atoms with van der Waals surface area (Å²) in [6.45, 7) is 4.34. The predicted molar refractivity (Wildman–Crippen MR) is 96.1 cm³/mol. The lowest BCUT2D eigenvalue weighted by Crippen LogP contribution is -2.07. The maximum absolute atomic E-state index is 12.0. The maximum atomic E-state index is 12.0. The van der Waals surface area contributed by atoms with Crippen LogP contribution in [0.25, 0.3) is 6.08 Å². The third-order valence-electron chi connectivity index (χ3n) is 2.96. The first-order valence-corrected chi connectivity index (χ1v) is 8.58. The second kappa shape index (κ2) is 8.65. The van der Waals surface area contributed by atoms with Crippen LogP contribution < -0.4 is 14.8 Å². The van der Waals surface area contributed by atoms with Crippen molar-refractivity contribution in [3.8, 4) is 11.5 Å². The van der Waals surface area contributed by atoms with E-state index in [0.717, 1.165) is 17.0 Å². The molecule has 6 nitrogen and oxygen atoms in total. The molecule has 128 valence electrons. The molecule has 0 saturated carbocycles. The number of nitrogens with one attached hydrogen (secondary N) is 1. The Balaban J connectivity index is 2.11. The van der Waals surface area contributed by atoms with Crippen molar-refractivity contribution < 1.29 is 14.3 Å². The number of amides is 1. The Morgan fingerprint density at radius 3 is 2.79 bits per heavy atom. The summed E-state index contributed by atoms with van der Waals surface area (Å²) in [4.78, 5) is 12.0. The van der Waals surface area contributed by atoms with Crippen LogP contribution >= 0.6 is 22.9 Å². The SMILES string of the molecule is CCOc1cc(/C=C/C(=O)Nc2nnc(CC)s2)cc(Cl)c1OC. The van der Waals surface area contributed by atoms with Gasteiger partial charge in [-0.15, -0.1) is 10.2 Å². The van der Waals surface area contributed by atoms with Gasteiger partial charge in [0.05, 0.1) is 18.7 Å². The van der Waals surface area contributed by atoms with Gasteiger partial charge in [0.1, 0.15) is 5.01 Å². The van der Waals surface area contributed by atoms with Crippen molar-refractivity contribution in [1.82, 2.24) is 10.2 Å². The largest absolute Gasteiger partial charge is 0.491 e. The number of halogens is 1. The fraction of sp³-hybridized carbons (Fsp3) is 0.312. The van der Waals surface area contributed by atoms with Crippen LogP contribution in [0.1, 0.15) is 24.4 Å². The molecule has 8 heteroatoms. The molecule has 0 radical (unpaired) electrons. The minimum absolute atomic E-state index is 0.293. The minimum atomic E-state index is -0.293. The van der Waals surface area contributed by atoms with E-state index in [-0.39, 0.29) is 5.91 Å². The van der Waals surface area contributed by atoms with Crippen LogP contribution in [0.3, 0.4) is 0 Å². The van der Waals surface area contributed by atoms with Crippen LogP contribution in [0.2, 0.25) is 5.02 Å². The van der Waals surface area contributed by atoms with E-state index in [2.05, 4.69) is 15.5 Å². The molecule has 0 unspecified atom stereocenters. The van der Waals surface area contributed by atoms with Crippen molar-refractivity contribution in [3.05, 3.63) is 33.8 Å². The summed E-state index contributed by atoms with van der Waals surface area (Å²) < 4.78 is 10.7. The molecule has 0 aliphatic carbocycles. The Kier molecular flexibility index (Phi) is 6.57. The van der Waals surface area contributed by atoms with Gasteiger partial charge < -0.3 is 9.47 Å². The first-order valence-electron chi connectivity index (χ1n) is 7.39. The van der Waals surface area contributed by atoms with E-state index in [1.165, 1.54) is 24.5 Å². The minimum Gasteiger partial charge on any atom is -0.491 e. The van der Waals surface area contributed by atoms with Gasteiger partial charge in [0.15, 0.2) is 11.5 Å². The highest BCUT2D eigenvalue weighted by molar-refractivity contribution is 7.15. The number of rotatable bonds is 7. The lowest BCUT2D eigenvalue weighted by Gasteiger charge is -2.11. The number of nitrogens with zero attached hydrogens (tertiary/aromatic N) is 2. The number of benzene rings is 1. The molecule has 1 aromatic heterocycles. The molecule has 1 aromatic carbocycles. The molecule has 0 aliphatic rings. The molecular formula is C16H18ClN3O3S. The second-order valence-corrected chi connectivity index (χ2v) is 6.11. The molecule has 1 amide bonds. The molecular weight excluding hydrogens is 350 g/mol. The van der Waals surface area contributed by atoms with Crippen LogP contribution in [0.5, 0.6) is 11.5 Å². The van der Waals surface area contributed by atoms with Crippen molar-refractivity contribution in [3.63, 3.8) is 0 Å². The van der Waals surface area contributed by atoms with E-state index in [1.54, 1.807) is 18.2 Å². The Hall–Kier alpha value is -2.12. The van der Waals surface area contributed by atoms with Gasteiger partial charge in [-0.3, -0.25) is 10.1 Å². The van der Waals surface area contributed by atoms with Gasteiger partial charge in [0.2, 0.25) is 11.0 Å². The first kappa shape index (κ1) is 18.2. The molecule has 1 N–H and O–H groups in total. The average Bonchev–Trinajstić information content (AvgIpc) is 3.00. The highest BCUT2D eigenvalue weighted by Crippen LogP contribution is 2.36. The standard InChI is InChI=1S/C16H18ClN3O3S/c1-4-14-19-20-16(24-14)18-13(21)7-6-10-8-11(17)15(22-3)12(9-10)23-5-2/h6-9H,4-5H2,1-3H3,(H,18,20,21)/b7-6+. The molecule has 0 bridgehead atoms. The van der Waals surface area contributed by atoms with Gasteiger partial charge in [-0.25, -0.2) is 0 Å². The lowest BCUT2D eigenvalue weighted by atomic mass is 10.2. The van der Waals surface area contributed by atoms with Crippen molar-refractivity contribution in [1.29, 1.82) is 0 Å². The van der Waals surface area contributed by atoms with Gasteiger partial charge in [-0.05, 0) is 37.1 Å². The van der Waals surface area contributed by atoms with Crippen LogP contribution in [0.4, 0.5) is 5.13 Å². The molecule has 0 spiro atoms. The van der Waals surface area contributed by atoms with Crippen molar-refractivity contribution in [2.45, 2.75) is 20.3 Å². The fourth-order valence-corrected chi connectivity index (χ4v) is 2.89. The summed E-state index contributed by atoms with van der Waals surface area (Å²) in [5, 5.41) is 12.3. The van der Waals surface area contributed by atoms with E-state index in [0.29, 0.717) is 28.3 Å². The lowest BCUT2D eigenvalue weighted by molar-refractivity contribution is -0.111. The normalized spacial score (nSPS) is 10.8. The Labute approximate surface area is 149 Å². The number of carbonyl (C=O) groups is 1. The first-order chi connectivity index (χ1) is 11.6. The Bertz CT molecular complexity index is 746. The quantitative estimate of drug-likeness (QED) is 0.753. The number of methoxy groups -OCH3 is 1. The van der Waals surface area contributed by atoms with Gasteiger partial charge in [0, 0.05) is 6.08 Å². The van der Waals surface area contributed by atoms with E-state index < -0.39 is 0 Å². The smallest absolute Gasteiger partial charge is 0.250 e. The zero-order chi connectivity index (χ0) is 17.5. The number of hydrogen-bond acceptors (Lipinski definition) is 6. The summed E-state index contributed by atoms with van der Waals surface area (Å²) in [5.41, 5.74) is 0.728. The topological polar surface area (TPSA) is 73.3 Å². The molecule has 0 aliphatic heterocycles. The van der Waals surface area contributed by atoms with Gasteiger partial charge >= 0.3 is 0 Å². The summed E-state index contributed by atoms with van der Waals surface area (Å²) in [6.07, 6.45) is 3.83. The van der Waals surface area contributed by atoms with Crippen LogP contribution in [0.15, 0.2) is 18.2 Å². The van der Waals surface area contributed by atoms with E-state index in [1.807, 2.05) is 13.8 Å². The van der Waals surface area contributed by atoms with Crippen molar-refractivity contribution >= 4 is 40.1 Å². The van der Waals surface area contributed by atoms with Crippen molar-refractivity contribution in [2.75, 3.05) is 19.0 Å². The van der Waals surface area contributed by atoms with Crippen LogP contribution in [0, 0.1) is 0 Å². The molecule has 0 saturated heterocycles. The van der Waals surface area contributed by atoms with Gasteiger partial charge in [-0.1, -0.05) is 29.9 Å². The molecule has 0 fully saturated rings. The number of ether oxygens (including phenoxy) is 2. The number of aromatic nitrogens is 2. The van der Waals surface area contributed by atoms with Crippen molar-refractivity contribution in [2.24, 2.45) is 0 Å². The number of carbonyl (C=O) groups excluding carboxylic acids is 1. The highest BCUT2D eigenvalue weighted by atomic mass is 35.5. The zero-order valence-electron chi connectivity index (χ0n) is 13.6. The third-order valence-corrected chi connectivity index (χ3v) is 4.23.